The highest BCUT2D eigenvalue weighted by Crippen LogP contribution is 2.59. The Bertz CT molecular complexity index is 1100. The summed E-state index contributed by atoms with van der Waals surface area (Å²) in [5.74, 6) is 0.752. The van der Waals surface area contributed by atoms with Crippen molar-refractivity contribution in [1.29, 1.82) is 0 Å². The van der Waals surface area contributed by atoms with Gasteiger partial charge in [-0.1, -0.05) is 20.4 Å². The number of carbonyl (C=O) groups excluding carboxylic acids is 1. The van der Waals surface area contributed by atoms with Gasteiger partial charge in [0.2, 0.25) is 0 Å². The van der Waals surface area contributed by atoms with Crippen molar-refractivity contribution in [2.45, 2.75) is 53.5 Å². The summed E-state index contributed by atoms with van der Waals surface area (Å²) in [4.78, 5) is 19.0. The number of aromatic nitrogens is 3. The van der Waals surface area contributed by atoms with Crippen LogP contribution in [0.15, 0.2) is 41.7 Å². The molecule has 1 saturated carbocycles. The first-order chi connectivity index (χ1) is 16.0. The van der Waals surface area contributed by atoms with E-state index < -0.39 is 0 Å². The fraction of sp³-hybridized carbons (Fsp3) is 0.500. The van der Waals surface area contributed by atoms with Crippen molar-refractivity contribution in [2.75, 3.05) is 19.6 Å². The van der Waals surface area contributed by atoms with E-state index in [0.29, 0.717) is 29.2 Å². The number of rotatable bonds is 6. The number of amides is 1. The lowest BCUT2D eigenvalue weighted by Gasteiger charge is -2.35. The Kier molecular flexibility index (Phi) is 6.58. The third kappa shape index (κ3) is 4.41. The minimum atomic E-state index is -0.146. The van der Waals surface area contributed by atoms with E-state index in [2.05, 4.69) is 40.7 Å². The summed E-state index contributed by atoms with van der Waals surface area (Å²) in [6.07, 6.45) is 8.75. The summed E-state index contributed by atoms with van der Waals surface area (Å²) in [6.45, 7) is 16.2. The molecule has 1 aliphatic carbocycles. The molecule has 1 spiro atoms. The van der Waals surface area contributed by atoms with Crippen LogP contribution in [-0.2, 0) is 6.54 Å². The normalized spacial score (nSPS) is 18.7. The Labute approximate surface area is 195 Å². The molecule has 3 aromatic rings. The third-order valence-electron chi connectivity index (χ3n) is 7.27. The van der Waals surface area contributed by atoms with E-state index in [1.165, 1.54) is 12.1 Å². The van der Waals surface area contributed by atoms with Crippen LogP contribution in [0.1, 0.15) is 61.8 Å². The fourth-order valence-electron chi connectivity index (χ4n) is 5.07. The number of hydrogen-bond donors (Lipinski definition) is 1. The number of piperidine rings is 1. The van der Waals surface area contributed by atoms with Gasteiger partial charge in [0.05, 0.1) is 12.4 Å². The van der Waals surface area contributed by atoms with Crippen molar-refractivity contribution in [1.82, 2.24) is 25.0 Å². The fourth-order valence-corrected chi connectivity index (χ4v) is 5.07. The molecule has 4 heterocycles. The molecule has 1 N–H and O–H groups in total. The summed E-state index contributed by atoms with van der Waals surface area (Å²) in [7, 11) is 0. The molecule has 1 atom stereocenters. The molecular formula is C26H35N5O2. The van der Waals surface area contributed by atoms with Gasteiger partial charge in [0.1, 0.15) is 0 Å². The van der Waals surface area contributed by atoms with E-state index in [1.54, 1.807) is 18.5 Å². The molecule has 176 valence electrons. The number of nitrogens with one attached hydrogen (secondary N) is 1. The molecular weight excluding hydrogens is 414 g/mol. The Morgan fingerprint density at radius 3 is 2.73 bits per heavy atom. The van der Waals surface area contributed by atoms with Crippen molar-refractivity contribution in [3.8, 4) is 0 Å². The highest BCUT2D eigenvalue weighted by molar-refractivity contribution is 5.95. The van der Waals surface area contributed by atoms with Crippen LogP contribution in [0.5, 0.6) is 0 Å². The van der Waals surface area contributed by atoms with Gasteiger partial charge < -0.3 is 14.6 Å². The van der Waals surface area contributed by atoms with E-state index in [9.17, 15) is 4.79 Å². The van der Waals surface area contributed by atoms with Crippen molar-refractivity contribution < 1.29 is 9.21 Å². The molecule has 3 aromatic heterocycles. The smallest absolute Gasteiger partial charge is 0.287 e. The first kappa shape index (κ1) is 23.1. The zero-order valence-electron chi connectivity index (χ0n) is 20.2. The summed E-state index contributed by atoms with van der Waals surface area (Å²) in [5, 5.41) is 8.43. The second-order valence-corrected chi connectivity index (χ2v) is 8.89. The summed E-state index contributed by atoms with van der Waals surface area (Å²) in [5.41, 5.74) is 4.42. The van der Waals surface area contributed by atoms with Crippen LogP contribution in [0.3, 0.4) is 0 Å². The molecule has 1 aliphatic heterocycles. The van der Waals surface area contributed by atoms with Crippen LogP contribution in [0.25, 0.3) is 16.7 Å². The van der Waals surface area contributed by atoms with Gasteiger partial charge in [-0.3, -0.25) is 14.5 Å². The van der Waals surface area contributed by atoms with E-state index in [0.717, 1.165) is 49.1 Å². The lowest BCUT2D eigenvalue weighted by atomic mass is 9.90. The van der Waals surface area contributed by atoms with Crippen LogP contribution in [-0.4, -0.2) is 45.2 Å². The average Bonchev–Trinajstić information content (AvgIpc) is 3.17. The van der Waals surface area contributed by atoms with Crippen LogP contribution in [0.2, 0.25) is 0 Å². The maximum Gasteiger partial charge on any atom is 0.287 e. The van der Waals surface area contributed by atoms with Crippen LogP contribution >= 0.6 is 0 Å². The van der Waals surface area contributed by atoms with Crippen LogP contribution in [0.4, 0.5) is 0 Å². The van der Waals surface area contributed by atoms with Crippen molar-refractivity contribution >= 4 is 22.6 Å². The SMILES string of the molecule is C=C(c1cnn(CC)c1C)N1CCC2(CC1)CC2CNC(=O)c1cc2ccncc2o1.CC. The number of furan rings is 1. The molecule has 2 aliphatic rings. The largest absolute Gasteiger partial charge is 0.449 e. The molecule has 5 rings (SSSR count). The zero-order valence-corrected chi connectivity index (χ0v) is 20.2. The number of likely N-dealkylation sites (tertiary alicyclic amines) is 1. The lowest BCUT2D eigenvalue weighted by molar-refractivity contribution is 0.0923. The van der Waals surface area contributed by atoms with Crippen molar-refractivity contribution in [3.63, 3.8) is 0 Å². The Balaban J connectivity index is 0.00000126. The monoisotopic (exact) mass is 449 g/mol. The predicted octanol–water partition coefficient (Wildman–Crippen LogP) is 4.88. The second-order valence-electron chi connectivity index (χ2n) is 8.89. The average molecular weight is 450 g/mol. The van der Waals surface area contributed by atoms with E-state index in [-0.39, 0.29) is 5.91 Å². The number of pyridine rings is 1. The molecule has 7 nitrogen and oxygen atoms in total. The maximum absolute atomic E-state index is 12.5. The highest BCUT2D eigenvalue weighted by atomic mass is 16.3. The molecule has 0 radical (unpaired) electrons. The van der Waals surface area contributed by atoms with Gasteiger partial charge in [-0.25, -0.2) is 0 Å². The highest BCUT2D eigenvalue weighted by Gasteiger charge is 2.54. The summed E-state index contributed by atoms with van der Waals surface area (Å²) in [6, 6.07) is 3.63. The van der Waals surface area contributed by atoms with E-state index in [1.807, 2.05) is 30.8 Å². The topological polar surface area (TPSA) is 76.2 Å². The third-order valence-corrected chi connectivity index (χ3v) is 7.27. The van der Waals surface area contributed by atoms with Gasteiger partial charge in [-0.2, -0.15) is 5.10 Å². The van der Waals surface area contributed by atoms with Crippen LogP contribution < -0.4 is 5.32 Å². The summed E-state index contributed by atoms with van der Waals surface area (Å²) < 4.78 is 7.64. The van der Waals surface area contributed by atoms with Gasteiger partial charge in [0.15, 0.2) is 11.3 Å². The van der Waals surface area contributed by atoms with Gasteiger partial charge in [0.25, 0.3) is 5.91 Å². The summed E-state index contributed by atoms with van der Waals surface area (Å²) >= 11 is 0. The number of fused-ring (bicyclic) bond motifs is 1. The van der Waals surface area contributed by atoms with E-state index >= 15 is 0 Å². The maximum atomic E-state index is 12.5. The predicted molar refractivity (Wildman–Crippen MR) is 131 cm³/mol. The minimum Gasteiger partial charge on any atom is -0.449 e. The Morgan fingerprint density at radius 2 is 2.06 bits per heavy atom. The standard InChI is InChI=1S/C24H29N5O2.C2H6/c1-4-29-17(3)20(14-27-29)16(2)28-9-6-24(7-10-28)12-19(24)13-26-23(30)21-11-18-5-8-25-15-22(18)31-21;1-2/h5,8,11,14-15,19H,2,4,6-7,9-10,12-13H2,1,3H3,(H,26,30);1-2H3. The van der Waals surface area contributed by atoms with Gasteiger partial charge in [0, 0.05) is 54.7 Å². The van der Waals surface area contributed by atoms with Crippen LogP contribution in [0, 0.1) is 18.3 Å². The quantitative estimate of drug-likeness (QED) is 0.580. The molecule has 1 saturated heterocycles. The first-order valence-corrected chi connectivity index (χ1v) is 12.1. The number of hydrogen-bond acceptors (Lipinski definition) is 5. The van der Waals surface area contributed by atoms with Gasteiger partial charge in [-0.05, 0) is 56.6 Å². The Morgan fingerprint density at radius 1 is 1.30 bits per heavy atom. The van der Waals surface area contributed by atoms with Crippen molar-refractivity contribution in [3.05, 3.63) is 54.3 Å². The van der Waals surface area contributed by atoms with Crippen molar-refractivity contribution in [2.24, 2.45) is 11.3 Å². The molecule has 7 heteroatoms. The van der Waals surface area contributed by atoms with Gasteiger partial charge in [-0.15, -0.1) is 0 Å². The molecule has 2 fully saturated rings. The first-order valence-electron chi connectivity index (χ1n) is 12.1. The van der Waals surface area contributed by atoms with E-state index in [4.69, 9.17) is 4.42 Å². The van der Waals surface area contributed by atoms with Gasteiger partial charge >= 0.3 is 0 Å². The molecule has 1 amide bonds. The number of aryl methyl sites for hydroxylation is 1. The lowest BCUT2D eigenvalue weighted by Crippen LogP contribution is -2.35. The number of nitrogens with zero attached hydrogens (tertiary/aromatic N) is 4. The second kappa shape index (κ2) is 9.41. The molecule has 0 aromatic carbocycles. The molecule has 1 unspecified atom stereocenters. The number of carbonyl (C=O) groups is 1. The molecule has 0 bridgehead atoms. The Hall–Kier alpha value is -3.09. The molecule has 33 heavy (non-hydrogen) atoms. The zero-order chi connectivity index (χ0) is 23.6. The minimum absolute atomic E-state index is 0.146.